The average molecular weight is 372 g/mol. The minimum absolute atomic E-state index is 0.485. The molecule has 0 atom stereocenters. The van der Waals surface area contributed by atoms with Gasteiger partial charge in [0.15, 0.2) is 5.60 Å². The first-order valence-electron chi connectivity index (χ1n) is 9.18. The van der Waals surface area contributed by atoms with Crippen molar-refractivity contribution < 1.29 is 9.90 Å². The van der Waals surface area contributed by atoms with E-state index < -0.39 is 11.5 Å². The lowest BCUT2D eigenvalue weighted by molar-refractivity contribution is -0.136. The zero-order chi connectivity index (χ0) is 20.1. The van der Waals surface area contributed by atoms with Gasteiger partial charge in [0, 0.05) is 5.56 Å². The lowest BCUT2D eigenvalue weighted by Crippen LogP contribution is -2.43. The number of nitrogens with zero attached hydrogens (tertiary/aromatic N) is 1. The molecule has 0 fully saturated rings. The number of benzene rings is 3. The molecular weight excluding hydrogens is 348 g/mol. The number of carbonyl (C=O) groups excluding carboxylic acids is 1. The number of aliphatic hydroxyl groups is 1. The van der Waals surface area contributed by atoms with Gasteiger partial charge in [0.05, 0.1) is 5.71 Å². The standard InChI is InChI=1S/C24H24N2O2/c1-17-14-15-18(2)22(16-17)19(3)25-26-23(27)24(28,20-10-6-4-7-11-20)21-12-8-5-9-13-21/h4-16,28H,1-3H3,(H,26,27)/b25-19+. The summed E-state index contributed by atoms with van der Waals surface area (Å²) in [7, 11) is 0. The summed E-state index contributed by atoms with van der Waals surface area (Å²) in [4.78, 5) is 13.1. The quantitative estimate of drug-likeness (QED) is 0.524. The fourth-order valence-corrected chi connectivity index (χ4v) is 3.19. The molecule has 0 saturated carbocycles. The third-order valence-electron chi connectivity index (χ3n) is 4.82. The molecule has 0 radical (unpaired) electrons. The SMILES string of the molecule is C/C(=N\NC(=O)C(O)(c1ccccc1)c1ccccc1)c1cc(C)ccc1C. The molecule has 0 bridgehead atoms. The Kier molecular flexibility index (Phi) is 5.71. The first kappa shape index (κ1) is 19.5. The molecule has 4 nitrogen and oxygen atoms in total. The molecule has 0 saturated heterocycles. The Bertz CT molecular complexity index is 956. The van der Waals surface area contributed by atoms with Gasteiger partial charge in [0.25, 0.3) is 5.91 Å². The monoisotopic (exact) mass is 372 g/mol. The highest BCUT2D eigenvalue weighted by Gasteiger charge is 2.39. The third-order valence-corrected chi connectivity index (χ3v) is 4.82. The van der Waals surface area contributed by atoms with E-state index in [-0.39, 0.29) is 0 Å². The number of hydrazone groups is 1. The van der Waals surface area contributed by atoms with E-state index in [0.717, 1.165) is 16.7 Å². The van der Waals surface area contributed by atoms with Crippen LogP contribution in [0.15, 0.2) is 84.0 Å². The maximum Gasteiger partial charge on any atom is 0.281 e. The average Bonchev–Trinajstić information content (AvgIpc) is 2.74. The zero-order valence-corrected chi connectivity index (χ0v) is 16.3. The summed E-state index contributed by atoms with van der Waals surface area (Å²) in [6.07, 6.45) is 0. The van der Waals surface area contributed by atoms with Gasteiger partial charge in [-0.3, -0.25) is 4.79 Å². The van der Waals surface area contributed by atoms with E-state index in [9.17, 15) is 9.90 Å². The second-order valence-electron chi connectivity index (χ2n) is 6.90. The van der Waals surface area contributed by atoms with Crippen molar-refractivity contribution in [2.45, 2.75) is 26.4 Å². The lowest BCUT2D eigenvalue weighted by Gasteiger charge is -2.27. The molecule has 0 heterocycles. The molecule has 0 aliphatic heterocycles. The number of aryl methyl sites for hydroxylation is 2. The van der Waals surface area contributed by atoms with Crippen LogP contribution < -0.4 is 5.43 Å². The summed E-state index contributed by atoms with van der Waals surface area (Å²) in [5.74, 6) is -0.602. The molecule has 0 aromatic heterocycles. The molecule has 142 valence electrons. The Labute approximate surface area is 165 Å². The lowest BCUT2D eigenvalue weighted by atomic mass is 9.85. The highest BCUT2D eigenvalue weighted by atomic mass is 16.3. The summed E-state index contributed by atoms with van der Waals surface area (Å²) in [5, 5.41) is 15.7. The smallest absolute Gasteiger partial charge is 0.281 e. The maximum atomic E-state index is 13.1. The highest BCUT2D eigenvalue weighted by molar-refractivity contribution is 6.01. The van der Waals surface area contributed by atoms with E-state index in [0.29, 0.717) is 16.8 Å². The van der Waals surface area contributed by atoms with Crippen molar-refractivity contribution in [2.24, 2.45) is 5.10 Å². The van der Waals surface area contributed by atoms with Gasteiger partial charge in [-0.05, 0) is 43.5 Å². The van der Waals surface area contributed by atoms with Crippen molar-refractivity contribution in [3.8, 4) is 0 Å². The van der Waals surface area contributed by atoms with Crippen molar-refractivity contribution in [1.82, 2.24) is 5.43 Å². The largest absolute Gasteiger partial charge is 0.372 e. The molecule has 0 aliphatic rings. The Hall–Kier alpha value is -3.24. The molecule has 4 heteroatoms. The summed E-state index contributed by atoms with van der Waals surface area (Å²) in [6, 6.07) is 23.9. The fraction of sp³-hybridized carbons (Fsp3) is 0.167. The van der Waals surface area contributed by atoms with Crippen LogP contribution in [0.5, 0.6) is 0 Å². The van der Waals surface area contributed by atoms with E-state index in [1.807, 2.05) is 51.1 Å². The van der Waals surface area contributed by atoms with Gasteiger partial charge in [-0.2, -0.15) is 5.10 Å². The van der Waals surface area contributed by atoms with Crippen LogP contribution in [-0.2, 0) is 10.4 Å². The Morgan fingerprint density at radius 2 is 1.43 bits per heavy atom. The maximum absolute atomic E-state index is 13.1. The molecule has 28 heavy (non-hydrogen) atoms. The van der Waals surface area contributed by atoms with Crippen molar-refractivity contribution in [3.63, 3.8) is 0 Å². The number of amides is 1. The zero-order valence-electron chi connectivity index (χ0n) is 16.3. The van der Waals surface area contributed by atoms with Crippen LogP contribution in [0.4, 0.5) is 0 Å². The Morgan fingerprint density at radius 3 is 1.96 bits per heavy atom. The summed E-state index contributed by atoms with van der Waals surface area (Å²) < 4.78 is 0. The summed E-state index contributed by atoms with van der Waals surface area (Å²) >= 11 is 0. The summed E-state index contributed by atoms with van der Waals surface area (Å²) in [5.41, 5.74) is 5.52. The van der Waals surface area contributed by atoms with Gasteiger partial charge in [-0.1, -0.05) is 78.4 Å². The van der Waals surface area contributed by atoms with Crippen LogP contribution in [0.25, 0.3) is 0 Å². The molecule has 2 N–H and O–H groups in total. The van der Waals surface area contributed by atoms with Crippen LogP contribution >= 0.6 is 0 Å². The first-order valence-corrected chi connectivity index (χ1v) is 9.18. The van der Waals surface area contributed by atoms with Crippen LogP contribution in [0, 0.1) is 13.8 Å². The number of hydrogen-bond donors (Lipinski definition) is 2. The predicted molar refractivity (Wildman–Crippen MR) is 112 cm³/mol. The van der Waals surface area contributed by atoms with Gasteiger partial charge in [0.1, 0.15) is 0 Å². The van der Waals surface area contributed by atoms with Gasteiger partial charge < -0.3 is 5.11 Å². The Morgan fingerprint density at radius 1 is 0.893 bits per heavy atom. The van der Waals surface area contributed by atoms with Crippen LogP contribution in [0.3, 0.4) is 0 Å². The third kappa shape index (κ3) is 3.87. The molecule has 1 amide bonds. The molecule has 0 unspecified atom stereocenters. The van der Waals surface area contributed by atoms with E-state index in [1.54, 1.807) is 48.5 Å². The second kappa shape index (κ2) is 8.19. The van der Waals surface area contributed by atoms with Gasteiger partial charge in [-0.15, -0.1) is 0 Å². The van der Waals surface area contributed by atoms with E-state index >= 15 is 0 Å². The number of hydrogen-bond acceptors (Lipinski definition) is 3. The molecule has 0 spiro atoms. The van der Waals surface area contributed by atoms with E-state index in [2.05, 4.69) is 10.5 Å². The molecule has 3 aromatic carbocycles. The van der Waals surface area contributed by atoms with Crippen LogP contribution in [0.2, 0.25) is 0 Å². The minimum atomic E-state index is -1.84. The predicted octanol–water partition coefficient (Wildman–Crippen LogP) is 4.08. The first-order chi connectivity index (χ1) is 13.4. The normalized spacial score (nSPS) is 11.9. The Balaban J connectivity index is 1.96. The van der Waals surface area contributed by atoms with Crippen molar-refractivity contribution in [2.75, 3.05) is 0 Å². The topological polar surface area (TPSA) is 61.7 Å². The fourth-order valence-electron chi connectivity index (χ4n) is 3.19. The van der Waals surface area contributed by atoms with Crippen molar-refractivity contribution in [1.29, 1.82) is 0 Å². The molecule has 0 aliphatic carbocycles. The highest BCUT2D eigenvalue weighted by Crippen LogP contribution is 2.29. The molecule has 3 aromatic rings. The van der Waals surface area contributed by atoms with Gasteiger partial charge in [0.2, 0.25) is 0 Å². The van der Waals surface area contributed by atoms with Gasteiger partial charge >= 0.3 is 0 Å². The molecular formula is C24H24N2O2. The minimum Gasteiger partial charge on any atom is -0.372 e. The van der Waals surface area contributed by atoms with Crippen molar-refractivity contribution >= 4 is 11.6 Å². The number of rotatable bonds is 5. The number of carbonyl (C=O) groups is 1. The van der Waals surface area contributed by atoms with E-state index in [4.69, 9.17) is 0 Å². The van der Waals surface area contributed by atoms with E-state index in [1.165, 1.54) is 0 Å². The number of nitrogens with one attached hydrogen (secondary N) is 1. The molecule has 3 rings (SSSR count). The van der Waals surface area contributed by atoms with Crippen molar-refractivity contribution in [3.05, 3.63) is 107 Å². The van der Waals surface area contributed by atoms with Crippen LogP contribution in [0.1, 0.15) is 34.7 Å². The second-order valence-corrected chi connectivity index (χ2v) is 6.90. The van der Waals surface area contributed by atoms with Gasteiger partial charge in [-0.25, -0.2) is 5.43 Å². The summed E-state index contributed by atoms with van der Waals surface area (Å²) in [6.45, 7) is 5.85. The van der Waals surface area contributed by atoms with Crippen LogP contribution in [-0.4, -0.2) is 16.7 Å².